The summed E-state index contributed by atoms with van der Waals surface area (Å²) in [6.07, 6.45) is 6.35. The molecule has 0 fully saturated rings. The van der Waals surface area contributed by atoms with Crippen LogP contribution in [-0.2, 0) is 0 Å². The zero-order valence-electron chi connectivity index (χ0n) is 9.36. The van der Waals surface area contributed by atoms with Crippen molar-refractivity contribution < 1.29 is 0 Å². The van der Waals surface area contributed by atoms with Crippen molar-refractivity contribution in [1.29, 1.82) is 0 Å². The second-order valence-electron chi connectivity index (χ2n) is 1.20. The second-order valence-corrected chi connectivity index (χ2v) is 1.20. The second kappa shape index (κ2) is 94.6. The molecule has 0 saturated carbocycles. The monoisotopic (exact) mass is 166 g/mol. The van der Waals surface area contributed by atoms with E-state index in [2.05, 4.69) is 30.8 Å². The predicted octanol–water partition coefficient (Wildman–Crippen LogP) is 3.89. The molecular formula is C12H22. The summed E-state index contributed by atoms with van der Waals surface area (Å²) >= 11 is 0. The van der Waals surface area contributed by atoms with Crippen LogP contribution >= 0.6 is 0 Å². The Morgan fingerprint density at radius 3 is 1.17 bits per heavy atom. The molecule has 0 aromatic heterocycles. The lowest BCUT2D eigenvalue weighted by molar-refractivity contribution is 1.50. The maximum atomic E-state index is 4.60. The van der Waals surface area contributed by atoms with Crippen molar-refractivity contribution in [3.8, 4) is 24.2 Å². The zero-order valence-corrected chi connectivity index (χ0v) is 9.36. The normalized spacial score (nSPS) is 3.42. The van der Waals surface area contributed by atoms with Gasteiger partial charge in [-0.3, -0.25) is 0 Å². The highest BCUT2D eigenvalue weighted by Gasteiger charge is 1.26. The van der Waals surface area contributed by atoms with Crippen LogP contribution in [0.5, 0.6) is 0 Å². The molecule has 0 nitrogen and oxygen atoms in total. The van der Waals surface area contributed by atoms with Gasteiger partial charge in [0, 0.05) is 0 Å². The molecular weight excluding hydrogens is 144 g/mol. The van der Waals surface area contributed by atoms with Crippen molar-refractivity contribution in [2.75, 3.05) is 0 Å². The summed E-state index contributed by atoms with van der Waals surface area (Å²) in [6, 6.07) is 0. The first-order valence-electron chi connectivity index (χ1n) is 4.02. The van der Waals surface area contributed by atoms with E-state index in [-0.39, 0.29) is 0 Å². The molecule has 0 bridgehead atoms. The Morgan fingerprint density at radius 1 is 1.08 bits per heavy atom. The molecule has 0 aliphatic carbocycles. The molecule has 0 atom stereocenters. The minimum atomic E-state index is 1.65. The molecule has 0 saturated heterocycles. The van der Waals surface area contributed by atoms with E-state index in [0.29, 0.717) is 0 Å². The first-order chi connectivity index (χ1) is 5.74. The third-order valence-corrected chi connectivity index (χ3v) is 0.250. The molecule has 0 heterocycles. The van der Waals surface area contributed by atoms with Gasteiger partial charge >= 0.3 is 0 Å². The molecule has 70 valence electrons. The third kappa shape index (κ3) is 27900. The van der Waals surface area contributed by atoms with Gasteiger partial charge in [-0.05, 0) is 27.7 Å². The van der Waals surface area contributed by atoms with Crippen LogP contribution in [0.1, 0.15) is 41.5 Å². The van der Waals surface area contributed by atoms with E-state index in [9.17, 15) is 0 Å². The van der Waals surface area contributed by atoms with Crippen LogP contribution < -0.4 is 0 Å². The standard InChI is InChI=1S/C4H6.C3H6.C3H4.C2H6/c1-3-4-2;2*1-3-2;1-2/h1-2H3;3H,1H2,2H3;1H,2H3;1-2H3. The van der Waals surface area contributed by atoms with Gasteiger partial charge < -0.3 is 0 Å². The van der Waals surface area contributed by atoms with Crippen molar-refractivity contribution in [2.24, 2.45) is 0 Å². The minimum Gasteiger partial charge on any atom is -0.120 e. The molecule has 0 amide bonds. The summed E-state index contributed by atoms with van der Waals surface area (Å²) < 4.78 is 0. The number of rotatable bonds is 0. The van der Waals surface area contributed by atoms with Crippen molar-refractivity contribution in [2.45, 2.75) is 41.5 Å². The van der Waals surface area contributed by atoms with E-state index >= 15 is 0 Å². The maximum absolute atomic E-state index is 4.60. The lowest BCUT2D eigenvalue weighted by Gasteiger charge is -1.40. The van der Waals surface area contributed by atoms with Crippen LogP contribution in [0.3, 0.4) is 0 Å². The number of hydrogen-bond acceptors (Lipinski definition) is 0. The smallest absolute Gasteiger partial charge is 0.00271 e. The Balaban J connectivity index is -0.0000000368. The summed E-state index contributed by atoms with van der Waals surface area (Å²) in [5, 5.41) is 0. The highest BCUT2D eigenvalue weighted by molar-refractivity contribution is 4.89. The fraction of sp³-hybridized carbons (Fsp3) is 0.500. The van der Waals surface area contributed by atoms with Crippen LogP contribution in [0, 0.1) is 24.2 Å². The number of terminal acetylenes is 1. The van der Waals surface area contributed by atoms with E-state index in [0.717, 1.165) is 0 Å². The molecule has 12 heavy (non-hydrogen) atoms. The minimum absolute atomic E-state index is 1.65. The Labute approximate surface area is 79.1 Å². The molecule has 0 aliphatic heterocycles. The largest absolute Gasteiger partial charge is 0.120 e. The van der Waals surface area contributed by atoms with Gasteiger partial charge in [-0.25, -0.2) is 0 Å². The summed E-state index contributed by atoms with van der Waals surface area (Å²) in [7, 11) is 0. The Hall–Kier alpha value is -1.14. The van der Waals surface area contributed by atoms with E-state index in [1.54, 1.807) is 13.0 Å². The van der Waals surface area contributed by atoms with E-state index in [1.165, 1.54) is 0 Å². The Morgan fingerprint density at radius 2 is 1.17 bits per heavy atom. The molecule has 0 aromatic rings. The summed E-state index contributed by atoms with van der Waals surface area (Å²) in [5.74, 6) is 7.61. The van der Waals surface area contributed by atoms with E-state index in [4.69, 9.17) is 0 Å². The lowest BCUT2D eigenvalue weighted by Crippen LogP contribution is -1.28. The Bertz CT molecular complexity index is 118. The van der Waals surface area contributed by atoms with Crippen LogP contribution in [0.4, 0.5) is 0 Å². The van der Waals surface area contributed by atoms with Crippen LogP contribution in [0.2, 0.25) is 0 Å². The van der Waals surface area contributed by atoms with Crippen molar-refractivity contribution in [3.05, 3.63) is 12.7 Å². The summed E-state index contributed by atoms with van der Waals surface area (Å²) in [4.78, 5) is 0. The average molecular weight is 166 g/mol. The highest BCUT2D eigenvalue weighted by Crippen LogP contribution is 1.39. The average Bonchev–Trinajstić information content (AvgIpc) is 2.10. The molecule has 0 heteroatoms. The van der Waals surface area contributed by atoms with Gasteiger partial charge in [-0.1, -0.05) is 19.9 Å². The van der Waals surface area contributed by atoms with Gasteiger partial charge in [0.05, 0.1) is 0 Å². The van der Waals surface area contributed by atoms with Crippen molar-refractivity contribution in [1.82, 2.24) is 0 Å². The van der Waals surface area contributed by atoms with Gasteiger partial charge in [0.1, 0.15) is 0 Å². The molecule has 0 N–H and O–H groups in total. The molecule has 0 spiro atoms. The Kier molecular flexibility index (Phi) is 177. The molecule has 0 aliphatic rings. The molecule has 0 rings (SSSR count). The fourth-order valence-corrected chi connectivity index (χ4v) is 0. The van der Waals surface area contributed by atoms with Crippen LogP contribution in [0.25, 0.3) is 0 Å². The first-order valence-corrected chi connectivity index (χ1v) is 4.02. The maximum Gasteiger partial charge on any atom is -0.00271 e. The van der Waals surface area contributed by atoms with Crippen molar-refractivity contribution >= 4 is 0 Å². The van der Waals surface area contributed by atoms with E-state index in [1.807, 2.05) is 34.6 Å². The summed E-state index contributed by atoms with van der Waals surface area (Å²) in [6.45, 7) is 14.5. The van der Waals surface area contributed by atoms with Gasteiger partial charge in [0.15, 0.2) is 0 Å². The number of allylic oxidation sites excluding steroid dienone is 1. The van der Waals surface area contributed by atoms with Gasteiger partial charge in [0.2, 0.25) is 0 Å². The molecule has 0 aromatic carbocycles. The first kappa shape index (κ1) is 22.4. The molecule has 0 radical (unpaired) electrons. The lowest BCUT2D eigenvalue weighted by atomic mass is 10.7. The van der Waals surface area contributed by atoms with Gasteiger partial charge in [-0.15, -0.1) is 30.8 Å². The topological polar surface area (TPSA) is 0 Å². The third-order valence-electron chi connectivity index (χ3n) is 0.250. The zero-order chi connectivity index (χ0) is 10.8. The quantitative estimate of drug-likeness (QED) is 0.378. The summed E-state index contributed by atoms with van der Waals surface area (Å²) in [5.41, 5.74) is 0. The predicted molar refractivity (Wildman–Crippen MR) is 60.9 cm³/mol. The fourth-order valence-electron chi connectivity index (χ4n) is 0. The van der Waals surface area contributed by atoms with Crippen LogP contribution in [-0.4, -0.2) is 0 Å². The van der Waals surface area contributed by atoms with Crippen molar-refractivity contribution in [3.63, 3.8) is 0 Å². The van der Waals surface area contributed by atoms with E-state index < -0.39 is 0 Å². The van der Waals surface area contributed by atoms with Crippen LogP contribution in [0.15, 0.2) is 12.7 Å². The number of hydrogen-bond donors (Lipinski definition) is 0. The van der Waals surface area contributed by atoms with Gasteiger partial charge in [-0.2, -0.15) is 0 Å². The van der Waals surface area contributed by atoms with Gasteiger partial charge in [0.25, 0.3) is 0 Å². The molecule has 0 unspecified atom stereocenters. The highest BCUT2D eigenvalue weighted by atomic mass is 13.3. The SMILES string of the molecule is C#CC.C=CC.CC.CC#CC.